The van der Waals surface area contributed by atoms with Crippen LogP contribution in [0.15, 0.2) is 30.3 Å². The summed E-state index contributed by atoms with van der Waals surface area (Å²) in [7, 11) is 0. The second-order valence-corrected chi connectivity index (χ2v) is 7.64. The summed E-state index contributed by atoms with van der Waals surface area (Å²) in [5.41, 5.74) is 12.9. The van der Waals surface area contributed by atoms with Gasteiger partial charge < -0.3 is 21.1 Å². The minimum Gasteiger partial charge on any atom is -0.490 e. The van der Waals surface area contributed by atoms with Gasteiger partial charge in [0.2, 0.25) is 5.95 Å². The van der Waals surface area contributed by atoms with E-state index in [9.17, 15) is 0 Å². The van der Waals surface area contributed by atoms with Crippen molar-refractivity contribution in [1.29, 1.82) is 0 Å². The molecule has 1 aliphatic carbocycles. The lowest BCUT2D eigenvalue weighted by Crippen LogP contribution is -2.39. The molecule has 0 amide bonds. The Balaban J connectivity index is 0.00000140. The fraction of sp³-hybridized carbons (Fsp3) is 0.474. The zero-order valence-electron chi connectivity index (χ0n) is 15.5. The number of ether oxygens (including phenoxy) is 1. The molecular weight excluding hydrogens is 421 g/mol. The van der Waals surface area contributed by atoms with Crippen LogP contribution >= 0.6 is 36.4 Å². The number of nitrogens with two attached hydrogens (primary N) is 2. The number of piperidine rings is 1. The van der Waals surface area contributed by atoms with Crippen molar-refractivity contribution >= 4 is 48.2 Å². The van der Waals surface area contributed by atoms with E-state index >= 15 is 0 Å². The van der Waals surface area contributed by atoms with Crippen LogP contribution in [-0.2, 0) is 0 Å². The normalized spacial score (nSPS) is 21.9. The molecule has 6 nitrogen and oxygen atoms in total. The van der Waals surface area contributed by atoms with Crippen molar-refractivity contribution in [1.82, 2.24) is 9.97 Å². The number of nitrogen functional groups attached to an aromatic ring is 1. The van der Waals surface area contributed by atoms with Crippen LogP contribution in [0.2, 0.25) is 5.02 Å². The Morgan fingerprint density at radius 1 is 1.07 bits per heavy atom. The standard InChI is InChI=1S/C19H24ClN5O.2ClH/c20-13-2-1-3-16(10-13)26-15-4-6-25(7-5-15)18-11-17(23-19(22)24-18)12-8-14(21)9-12;;/h1-3,10-12,14-15H,4-9,21H2,(H2,22,23,24);2*1H. The Kier molecular flexibility index (Phi) is 8.01. The van der Waals surface area contributed by atoms with Gasteiger partial charge in [-0.2, -0.15) is 4.98 Å². The first-order valence-electron chi connectivity index (χ1n) is 9.14. The van der Waals surface area contributed by atoms with Gasteiger partial charge in [-0.05, 0) is 31.0 Å². The van der Waals surface area contributed by atoms with E-state index < -0.39 is 0 Å². The van der Waals surface area contributed by atoms with Gasteiger partial charge >= 0.3 is 0 Å². The van der Waals surface area contributed by atoms with Crippen molar-refractivity contribution in [2.75, 3.05) is 23.7 Å². The fourth-order valence-corrected chi connectivity index (χ4v) is 3.86. The van der Waals surface area contributed by atoms with Crippen LogP contribution in [0.3, 0.4) is 0 Å². The lowest BCUT2D eigenvalue weighted by atomic mass is 9.78. The van der Waals surface area contributed by atoms with Crippen molar-refractivity contribution in [3.05, 3.63) is 41.0 Å². The van der Waals surface area contributed by atoms with Crippen molar-refractivity contribution in [3.63, 3.8) is 0 Å². The molecule has 2 aromatic rings. The number of aromatic nitrogens is 2. The molecule has 154 valence electrons. The van der Waals surface area contributed by atoms with Gasteiger partial charge in [-0.15, -0.1) is 24.8 Å². The molecule has 1 aliphatic heterocycles. The Bertz CT molecular complexity index is 780. The quantitative estimate of drug-likeness (QED) is 0.742. The molecule has 1 saturated heterocycles. The van der Waals surface area contributed by atoms with Gasteiger partial charge in [-0.25, -0.2) is 4.98 Å². The largest absolute Gasteiger partial charge is 0.490 e. The first kappa shape index (κ1) is 22.8. The molecule has 0 atom stereocenters. The van der Waals surface area contributed by atoms with Crippen molar-refractivity contribution in [2.24, 2.45) is 5.73 Å². The van der Waals surface area contributed by atoms with Crippen molar-refractivity contribution in [2.45, 2.75) is 43.7 Å². The Morgan fingerprint density at radius 3 is 2.43 bits per heavy atom. The highest BCUT2D eigenvalue weighted by atomic mass is 35.5. The Labute approximate surface area is 182 Å². The summed E-state index contributed by atoms with van der Waals surface area (Å²) in [6.45, 7) is 1.76. The predicted octanol–water partition coefficient (Wildman–Crippen LogP) is 3.81. The summed E-state index contributed by atoms with van der Waals surface area (Å²) in [5, 5.41) is 0.694. The Hall–Kier alpha value is -1.47. The maximum absolute atomic E-state index is 6.06. The highest BCUT2D eigenvalue weighted by molar-refractivity contribution is 6.30. The van der Waals surface area contributed by atoms with Gasteiger partial charge in [0.25, 0.3) is 0 Å². The summed E-state index contributed by atoms with van der Waals surface area (Å²) < 4.78 is 6.06. The van der Waals surface area contributed by atoms with Crippen LogP contribution in [0, 0.1) is 0 Å². The van der Waals surface area contributed by atoms with E-state index in [4.69, 9.17) is 27.8 Å². The van der Waals surface area contributed by atoms with E-state index in [-0.39, 0.29) is 30.9 Å². The zero-order chi connectivity index (χ0) is 18.1. The monoisotopic (exact) mass is 445 g/mol. The van der Waals surface area contributed by atoms with Crippen LogP contribution in [0.1, 0.15) is 37.3 Å². The van der Waals surface area contributed by atoms with Gasteiger partial charge in [0.1, 0.15) is 17.7 Å². The summed E-state index contributed by atoms with van der Waals surface area (Å²) in [4.78, 5) is 11.1. The maximum Gasteiger partial charge on any atom is 0.222 e. The molecule has 4 rings (SSSR count). The molecule has 2 heterocycles. The second-order valence-electron chi connectivity index (χ2n) is 7.20. The molecule has 0 bridgehead atoms. The fourth-order valence-electron chi connectivity index (χ4n) is 3.68. The highest BCUT2D eigenvalue weighted by Crippen LogP contribution is 2.36. The van der Waals surface area contributed by atoms with Gasteiger partial charge in [-0.3, -0.25) is 0 Å². The molecule has 2 aliphatic rings. The van der Waals surface area contributed by atoms with E-state index in [1.807, 2.05) is 24.3 Å². The lowest BCUT2D eigenvalue weighted by Gasteiger charge is -2.35. The summed E-state index contributed by atoms with van der Waals surface area (Å²) in [6.07, 6.45) is 4.00. The predicted molar refractivity (Wildman–Crippen MR) is 118 cm³/mol. The average molecular weight is 447 g/mol. The van der Waals surface area contributed by atoms with E-state index in [2.05, 4.69) is 20.9 Å². The third-order valence-electron chi connectivity index (χ3n) is 5.21. The number of rotatable bonds is 4. The number of benzene rings is 1. The molecule has 1 aromatic heterocycles. The molecular formula is C19H26Cl3N5O. The van der Waals surface area contributed by atoms with E-state index in [1.54, 1.807) is 0 Å². The molecule has 1 aromatic carbocycles. The molecule has 1 saturated carbocycles. The summed E-state index contributed by atoms with van der Waals surface area (Å²) in [6, 6.07) is 9.92. The van der Waals surface area contributed by atoms with Gasteiger partial charge in [0, 0.05) is 49.0 Å². The molecule has 0 radical (unpaired) electrons. The number of nitrogens with zero attached hydrogens (tertiary/aromatic N) is 3. The Morgan fingerprint density at radius 2 is 1.79 bits per heavy atom. The molecule has 28 heavy (non-hydrogen) atoms. The topological polar surface area (TPSA) is 90.3 Å². The third-order valence-corrected chi connectivity index (χ3v) is 5.44. The third kappa shape index (κ3) is 5.32. The average Bonchev–Trinajstić information content (AvgIpc) is 2.59. The first-order valence-corrected chi connectivity index (χ1v) is 9.52. The molecule has 9 heteroatoms. The number of halogens is 3. The lowest BCUT2D eigenvalue weighted by molar-refractivity contribution is 0.170. The van der Waals surface area contributed by atoms with E-state index in [0.29, 0.717) is 22.9 Å². The van der Waals surface area contributed by atoms with Gasteiger partial charge in [0.05, 0.1) is 5.69 Å². The summed E-state index contributed by atoms with van der Waals surface area (Å²) in [5.74, 6) is 2.49. The van der Waals surface area contributed by atoms with E-state index in [0.717, 1.165) is 56.0 Å². The van der Waals surface area contributed by atoms with Crippen LogP contribution in [0.4, 0.5) is 11.8 Å². The molecule has 0 spiro atoms. The van der Waals surface area contributed by atoms with Crippen molar-refractivity contribution < 1.29 is 4.74 Å². The smallest absolute Gasteiger partial charge is 0.222 e. The minimum absolute atomic E-state index is 0. The van der Waals surface area contributed by atoms with E-state index in [1.165, 1.54) is 0 Å². The summed E-state index contributed by atoms with van der Waals surface area (Å²) >= 11 is 6.02. The van der Waals surface area contributed by atoms with Crippen LogP contribution in [0.5, 0.6) is 5.75 Å². The number of hydrogen-bond acceptors (Lipinski definition) is 6. The molecule has 2 fully saturated rings. The SMILES string of the molecule is Cl.Cl.Nc1nc(C2CC(N)C2)cc(N2CCC(Oc3cccc(Cl)c3)CC2)n1. The number of anilines is 2. The van der Waals surface area contributed by atoms with Crippen molar-refractivity contribution in [3.8, 4) is 5.75 Å². The first-order chi connectivity index (χ1) is 12.6. The number of hydrogen-bond donors (Lipinski definition) is 2. The molecule has 4 N–H and O–H groups in total. The van der Waals surface area contributed by atoms with Gasteiger partial charge in [-0.1, -0.05) is 17.7 Å². The van der Waals surface area contributed by atoms with Crippen LogP contribution in [-0.4, -0.2) is 35.2 Å². The minimum atomic E-state index is 0. The molecule has 0 unspecified atom stereocenters. The highest BCUT2D eigenvalue weighted by Gasteiger charge is 2.30. The van der Waals surface area contributed by atoms with Gasteiger partial charge in [0.15, 0.2) is 0 Å². The maximum atomic E-state index is 6.06. The van der Waals surface area contributed by atoms with Crippen LogP contribution in [0.25, 0.3) is 0 Å². The second kappa shape index (κ2) is 9.83. The zero-order valence-corrected chi connectivity index (χ0v) is 17.8. The van der Waals surface area contributed by atoms with Crippen LogP contribution < -0.4 is 21.1 Å².